The van der Waals surface area contributed by atoms with Crippen LogP contribution in [0.3, 0.4) is 0 Å². The van der Waals surface area contributed by atoms with Crippen molar-refractivity contribution in [2.75, 3.05) is 17.7 Å². The Morgan fingerprint density at radius 3 is 2.63 bits per heavy atom. The minimum atomic E-state index is -0.584. The minimum absolute atomic E-state index is 0.0123. The number of fused-ring (bicyclic) bond motifs is 1. The highest BCUT2D eigenvalue weighted by Gasteiger charge is 2.25. The molecule has 0 atom stereocenters. The largest absolute Gasteiger partial charge is 0.497 e. The predicted molar refractivity (Wildman–Crippen MR) is 118 cm³/mol. The van der Waals surface area contributed by atoms with Crippen LogP contribution in [0.2, 0.25) is 10.0 Å². The molecule has 2 aromatic carbocycles. The highest BCUT2D eigenvalue weighted by molar-refractivity contribution is 7.22. The number of aromatic nitrogens is 3. The van der Waals surface area contributed by atoms with E-state index in [1.165, 1.54) is 17.7 Å². The third-order valence-electron chi connectivity index (χ3n) is 4.03. The first-order valence-corrected chi connectivity index (χ1v) is 9.95. The van der Waals surface area contributed by atoms with Gasteiger partial charge in [0, 0.05) is 0 Å². The van der Waals surface area contributed by atoms with E-state index in [2.05, 4.69) is 25.6 Å². The maximum absolute atomic E-state index is 11.8. The monoisotopic (exact) mass is 462 g/mol. The molecule has 0 saturated carbocycles. The number of rotatable bonds is 6. The highest BCUT2D eigenvalue weighted by Crippen LogP contribution is 2.38. The Balaban J connectivity index is 1.71. The van der Waals surface area contributed by atoms with Gasteiger partial charge in [0.1, 0.15) is 12.1 Å². The van der Waals surface area contributed by atoms with Gasteiger partial charge in [-0.2, -0.15) is 0 Å². The van der Waals surface area contributed by atoms with Gasteiger partial charge in [-0.1, -0.05) is 40.6 Å². The van der Waals surface area contributed by atoms with Crippen LogP contribution in [0.5, 0.6) is 5.75 Å². The van der Waals surface area contributed by atoms with Gasteiger partial charge >= 0.3 is 5.69 Å². The van der Waals surface area contributed by atoms with Crippen molar-refractivity contribution < 1.29 is 9.66 Å². The molecule has 12 heteroatoms. The maximum Gasteiger partial charge on any atom is 0.353 e. The van der Waals surface area contributed by atoms with E-state index in [1.54, 1.807) is 37.4 Å². The van der Waals surface area contributed by atoms with Crippen LogP contribution in [-0.4, -0.2) is 27.0 Å². The zero-order chi connectivity index (χ0) is 21.3. The SMILES string of the molecule is COc1ccc2nc(Nc3ncnc(Nc4cccc(Cl)c4Cl)c3[N+](=O)[O-])sc2c1. The summed E-state index contributed by atoms with van der Waals surface area (Å²) in [5, 5.41) is 18.5. The number of ether oxygens (including phenoxy) is 1. The van der Waals surface area contributed by atoms with Crippen molar-refractivity contribution in [1.29, 1.82) is 0 Å². The Morgan fingerprint density at radius 1 is 1.13 bits per heavy atom. The average Bonchev–Trinajstić information content (AvgIpc) is 3.12. The van der Waals surface area contributed by atoms with E-state index in [1.807, 2.05) is 6.07 Å². The summed E-state index contributed by atoms with van der Waals surface area (Å²) in [6, 6.07) is 10.3. The number of nitro groups is 1. The molecule has 0 aliphatic heterocycles. The number of nitrogens with one attached hydrogen (secondary N) is 2. The minimum Gasteiger partial charge on any atom is -0.497 e. The van der Waals surface area contributed by atoms with Crippen LogP contribution in [-0.2, 0) is 0 Å². The van der Waals surface area contributed by atoms with Crippen molar-refractivity contribution in [2.24, 2.45) is 0 Å². The smallest absolute Gasteiger partial charge is 0.353 e. The molecule has 2 N–H and O–H groups in total. The van der Waals surface area contributed by atoms with Crippen molar-refractivity contribution in [3.63, 3.8) is 0 Å². The lowest BCUT2D eigenvalue weighted by atomic mass is 10.3. The fraction of sp³-hybridized carbons (Fsp3) is 0.0556. The average molecular weight is 463 g/mol. The van der Waals surface area contributed by atoms with Crippen LogP contribution in [0.4, 0.5) is 28.1 Å². The first-order chi connectivity index (χ1) is 14.5. The molecule has 0 saturated heterocycles. The fourth-order valence-electron chi connectivity index (χ4n) is 2.65. The third-order valence-corrected chi connectivity index (χ3v) is 5.78. The van der Waals surface area contributed by atoms with Crippen LogP contribution in [0.1, 0.15) is 0 Å². The maximum atomic E-state index is 11.8. The molecule has 0 bridgehead atoms. The van der Waals surface area contributed by atoms with Gasteiger partial charge < -0.3 is 15.4 Å². The Hall–Kier alpha value is -3.21. The summed E-state index contributed by atoms with van der Waals surface area (Å²) in [4.78, 5) is 23.6. The van der Waals surface area contributed by atoms with Crippen molar-refractivity contribution in [3.8, 4) is 5.75 Å². The highest BCUT2D eigenvalue weighted by atomic mass is 35.5. The molecule has 0 spiro atoms. The molecule has 0 radical (unpaired) electrons. The number of hydrogen-bond acceptors (Lipinski definition) is 9. The van der Waals surface area contributed by atoms with Gasteiger partial charge in [-0.3, -0.25) is 10.1 Å². The Kier molecular flexibility index (Phi) is 5.53. The number of nitrogens with zero attached hydrogens (tertiary/aromatic N) is 4. The van der Waals surface area contributed by atoms with Gasteiger partial charge in [0.2, 0.25) is 11.6 Å². The molecule has 152 valence electrons. The molecule has 2 heterocycles. The molecule has 4 aromatic rings. The second-order valence-corrected chi connectivity index (χ2v) is 7.70. The predicted octanol–water partition coefficient (Wildman–Crippen LogP) is 5.80. The number of benzene rings is 2. The van der Waals surface area contributed by atoms with Crippen LogP contribution in [0, 0.1) is 10.1 Å². The van der Waals surface area contributed by atoms with E-state index < -0.39 is 4.92 Å². The quantitative estimate of drug-likeness (QED) is 0.272. The molecular weight excluding hydrogens is 451 g/mol. The molecule has 30 heavy (non-hydrogen) atoms. The second-order valence-electron chi connectivity index (χ2n) is 5.88. The molecule has 0 unspecified atom stereocenters. The molecular formula is C18H12Cl2N6O3S. The Labute approximate surface area is 183 Å². The number of thiazole rings is 1. The van der Waals surface area contributed by atoms with E-state index in [4.69, 9.17) is 27.9 Å². The lowest BCUT2D eigenvalue weighted by Crippen LogP contribution is -2.05. The summed E-state index contributed by atoms with van der Waals surface area (Å²) in [6.45, 7) is 0. The van der Waals surface area contributed by atoms with E-state index in [0.717, 1.165) is 10.2 Å². The molecule has 4 rings (SSSR count). The molecule has 2 aromatic heterocycles. The normalized spacial score (nSPS) is 10.8. The second kappa shape index (κ2) is 8.27. The molecule has 0 aliphatic rings. The molecule has 0 aliphatic carbocycles. The first kappa shape index (κ1) is 20.1. The fourth-order valence-corrected chi connectivity index (χ4v) is 3.89. The van der Waals surface area contributed by atoms with Crippen molar-refractivity contribution in [1.82, 2.24) is 15.0 Å². The van der Waals surface area contributed by atoms with Gasteiger partial charge in [-0.15, -0.1) is 0 Å². The van der Waals surface area contributed by atoms with Crippen LogP contribution < -0.4 is 15.4 Å². The Bertz CT molecular complexity index is 1270. The van der Waals surface area contributed by atoms with E-state index in [0.29, 0.717) is 21.6 Å². The summed E-state index contributed by atoms with van der Waals surface area (Å²) in [7, 11) is 1.58. The molecule has 9 nitrogen and oxygen atoms in total. The molecule has 0 amide bonds. The molecule has 0 fully saturated rings. The van der Waals surface area contributed by atoms with E-state index in [-0.39, 0.29) is 22.3 Å². The van der Waals surface area contributed by atoms with Gasteiger partial charge in [0.05, 0.1) is 38.0 Å². The Morgan fingerprint density at radius 2 is 1.90 bits per heavy atom. The zero-order valence-corrected chi connectivity index (χ0v) is 17.5. The summed E-state index contributed by atoms with van der Waals surface area (Å²) >= 11 is 13.5. The van der Waals surface area contributed by atoms with Gasteiger partial charge in [0.15, 0.2) is 5.13 Å². The number of halogens is 2. The van der Waals surface area contributed by atoms with Crippen molar-refractivity contribution in [2.45, 2.75) is 0 Å². The first-order valence-electron chi connectivity index (χ1n) is 8.38. The summed E-state index contributed by atoms with van der Waals surface area (Å²) < 4.78 is 6.07. The summed E-state index contributed by atoms with van der Waals surface area (Å²) in [6.07, 6.45) is 1.20. The van der Waals surface area contributed by atoms with Crippen LogP contribution >= 0.6 is 34.5 Å². The van der Waals surface area contributed by atoms with Gasteiger partial charge in [-0.05, 0) is 30.3 Å². The lowest BCUT2D eigenvalue weighted by molar-refractivity contribution is -0.383. The summed E-state index contributed by atoms with van der Waals surface area (Å²) in [5.41, 5.74) is 0.749. The number of hydrogen-bond donors (Lipinski definition) is 2. The van der Waals surface area contributed by atoms with Crippen LogP contribution in [0.25, 0.3) is 10.2 Å². The zero-order valence-electron chi connectivity index (χ0n) is 15.2. The third kappa shape index (κ3) is 3.92. The standard InChI is InChI=1S/C18H12Cl2N6O3S/c1-29-9-5-6-11-13(7-9)30-18(24-11)25-17-15(26(27)28)16(21-8-22-17)23-12-4-2-3-10(19)14(12)20/h2-8H,1H3,(H2,21,22,23,24,25). The van der Waals surface area contributed by atoms with Crippen molar-refractivity contribution in [3.05, 3.63) is 62.9 Å². The summed E-state index contributed by atoms with van der Waals surface area (Å²) in [5.74, 6) is 0.640. The number of anilines is 4. The lowest BCUT2D eigenvalue weighted by Gasteiger charge is -2.10. The van der Waals surface area contributed by atoms with Crippen LogP contribution in [0.15, 0.2) is 42.7 Å². The van der Waals surface area contributed by atoms with Gasteiger partial charge in [-0.25, -0.2) is 15.0 Å². The topological polar surface area (TPSA) is 115 Å². The van der Waals surface area contributed by atoms with E-state index >= 15 is 0 Å². The van der Waals surface area contributed by atoms with E-state index in [9.17, 15) is 10.1 Å². The van der Waals surface area contributed by atoms with Crippen molar-refractivity contribution >= 4 is 72.9 Å². The van der Waals surface area contributed by atoms with Gasteiger partial charge in [0.25, 0.3) is 0 Å². The number of methoxy groups -OCH3 is 1.